The van der Waals surface area contributed by atoms with Crippen molar-refractivity contribution in [1.29, 1.82) is 0 Å². The van der Waals surface area contributed by atoms with E-state index in [1.54, 1.807) is 7.11 Å². The summed E-state index contributed by atoms with van der Waals surface area (Å²) in [5, 5.41) is 4.12. The lowest BCUT2D eigenvalue weighted by atomic mass is 9.84. The predicted octanol–water partition coefficient (Wildman–Crippen LogP) is 3.52. The summed E-state index contributed by atoms with van der Waals surface area (Å²) in [6.45, 7) is 6.15. The van der Waals surface area contributed by atoms with Crippen molar-refractivity contribution in [1.82, 2.24) is 9.88 Å². The lowest BCUT2D eigenvalue weighted by Gasteiger charge is -2.28. The number of ether oxygens (including phenoxy) is 3. The van der Waals surface area contributed by atoms with Gasteiger partial charge in [0.2, 0.25) is 5.91 Å². The Hall–Kier alpha value is -3.15. The molecule has 2 heterocycles. The van der Waals surface area contributed by atoms with Gasteiger partial charge in [-0.25, -0.2) is 0 Å². The summed E-state index contributed by atoms with van der Waals surface area (Å²) >= 11 is 0. The number of aromatic nitrogens is 1. The van der Waals surface area contributed by atoms with Gasteiger partial charge in [0.1, 0.15) is 25.5 Å². The Morgan fingerprint density at radius 3 is 2.69 bits per heavy atom. The van der Waals surface area contributed by atoms with E-state index in [-0.39, 0.29) is 17.9 Å². The standard InChI is InChI=1S/C23H26N2O4/c1-23(2,17-4-7-20-21(13-17)29-11-10-28-20)15-24-22(26)14-25-9-8-16-12-18(27-3)5-6-19(16)25/h4-9,12-13H,10-11,14-15H2,1-3H3,(H,24,26). The molecule has 1 N–H and O–H groups in total. The zero-order valence-electron chi connectivity index (χ0n) is 17.0. The highest BCUT2D eigenvalue weighted by Crippen LogP contribution is 2.35. The van der Waals surface area contributed by atoms with Crippen LogP contribution in [0, 0.1) is 0 Å². The third kappa shape index (κ3) is 4.01. The van der Waals surface area contributed by atoms with E-state index < -0.39 is 0 Å². The number of carbonyl (C=O) groups is 1. The van der Waals surface area contributed by atoms with Gasteiger partial charge in [0, 0.05) is 29.1 Å². The maximum Gasteiger partial charge on any atom is 0.239 e. The lowest BCUT2D eigenvalue weighted by Crippen LogP contribution is -2.38. The molecule has 1 aliphatic rings. The first-order valence-corrected chi connectivity index (χ1v) is 9.76. The third-order valence-electron chi connectivity index (χ3n) is 5.34. The second-order valence-corrected chi connectivity index (χ2v) is 7.89. The highest BCUT2D eigenvalue weighted by Gasteiger charge is 2.24. The molecule has 6 heteroatoms. The van der Waals surface area contributed by atoms with Crippen molar-refractivity contribution < 1.29 is 19.0 Å². The van der Waals surface area contributed by atoms with Gasteiger partial charge in [0.05, 0.1) is 7.11 Å². The molecule has 0 saturated heterocycles. The predicted molar refractivity (Wildman–Crippen MR) is 112 cm³/mol. The van der Waals surface area contributed by atoms with Crippen LogP contribution in [0.2, 0.25) is 0 Å². The summed E-state index contributed by atoms with van der Waals surface area (Å²) in [6.07, 6.45) is 1.93. The zero-order valence-corrected chi connectivity index (χ0v) is 17.0. The van der Waals surface area contributed by atoms with Crippen LogP contribution in [0.3, 0.4) is 0 Å². The van der Waals surface area contributed by atoms with Crippen LogP contribution < -0.4 is 19.5 Å². The summed E-state index contributed by atoms with van der Waals surface area (Å²) in [4.78, 5) is 12.6. The van der Waals surface area contributed by atoms with E-state index in [1.165, 1.54) is 0 Å². The molecule has 0 spiro atoms. The number of amides is 1. The molecule has 1 aliphatic heterocycles. The Morgan fingerprint density at radius 2 is 1.90 bits per heavy atom. The van der Waals surface area contributed by atoms with E-state index in [0.717, 1.165) is 33.7 Å². The van der Waals surface area contributed by atoms with Gasteiger partial charge in [-0.15, -0.1) is 0 Å². The third-order valence-corrected chi connectivity index (χ3v) is 5.34. The van der Waals surface area contributed by atoms with E-state index in [1.807, 2.05) is 53.2 Å². The van der Waals surface area contributed by atoms with Crippen molar-refractivity contribution in [2.45, 2.75) is 25.8 Å². The summed E-state index contributed by atoms with van der Waals surface area (Å²) < 4.78 is 18.5. The largest absolute Gasteiger partial charge is 0.497 e. The van der Waals surface area contributed by atoms with Crippen LogP contribution in [0.5, 0.6) is 17.2 Å². The molecular formula is C23H26N2O4. The van der Waals surface area contributed by atoms with Gasteiger partial charge in [0.25, 0.3) is 0 Å². The maximum atomic E-state index is 12.6. The van der Waals surface area contributed by atoms with Gasteiger partial charge in [-0.1, -0.05) is 19.9 Å². The fraction of sp³-hybridized carbons (Fsp3) is 0.348. The summed E-state index contributed by atoms with van der Waals surface area (Å²) in [5.74, 6) is 2.32. The Morgan fingerprint density at radius 1 is 1.10 bits per heavy atom. The molecule has 1 amide bonds. The first-order chi connectivity index (χ1) is 14.0. The Bertz CT molecular complexity index is 1040. The number of hydrogen-bond acceptors (Lipinski definition) is 4. The van der Waals surface area contributed by atoms with Crippen LogP contribution >= 0.6 is 0 Å². The number of nitrogens with zero attached hydrogens (tertiary/aromatic N) is 1. The Labute approximate surface area is 170 Å². The minimum atomic E-state index is -0.238. The molecule has 4 rings (SSSR count). The average Bonchev–Trinajstić information content (AvgIpc) is 3.13. The van der Waals surface area contributed by atoms with E-state index in [9.17, 15) is 4.79 Å². The van der Waals surface area contributed by atoms with Crippen molar-refractivity contribution in [3.63, 3.8) is 0 Å². The number of fused-ring (bicyclic) bond motifs is 2. The van der Waals surface area contributed by atoms with Gasteiger partial charge in [-0.05, 0) is 42.0 Å². The Balaban J connectivity index is 1.41. The van der Waals surface area contributed by atoms with Crippen LogP contribution in [-0.2, 0) is 16.8 Å². The molecule has 1 aromatic heterocycles. The molecular weight excluding hydrogens is 368 g/mol. The van der Waals surface area contributed by atoms with E-state index in [4.69, 9.17) is 14.2 Å². The summed E-state index contributed by atoms with van der Waals surface area (Å²) in [5.41, 5.74) is 1.87. The highest BCUT2D eigenvalue weighted by molar-refractivity contribution is 5.84. The van der Waals surface area contributed by atoms with E-state index in [0.29, 0.717) is 19.8 Å². The van der Waals surface area contributed by atoms with Crippen LogP contribution in [-0.4, -0.2) is 37.3 Å². The van der Waals surface area contributed by atoms with Crippen molar-refractivity contribution in [2.24, 2.45) is 0 Å². The number of nitrogens with one attached hydrogen (secondary N) is 1. The highest BCUT2D eigenvalue weighted by atomic mass is 16.6. The second-order valence-electron chi connectivity index (χ2n) is 7.89. The topological polar surface area (TPSA) is 61.7 Å². The Kier molecular flexibility index (Phi) is 5.09. The maximum absolute atomic E-state index is 12.6. The molecule has 0 aliphatic carbocycles. The number of rotatable bonds is 6. The first-order valence-electron chi connectivity index (χ1n) is 9.76. The van der Waals surface area contributed by atoms with Crippen molar-refractivity contribution in [3.8, 4) is 17.2 Å². The molecule has 0 unspecified atom stereocenters. The molecule has 0 radical (unpaired) electrons. The quantitative estimate of drug-likeness (QED) is 0.695. The van der Waals surface area contributed by atoms with Gasteiger partial charge < -0.3 is 24.1 Å². The normalized spacial score (nSPS) is 13.3. The first kappa shape index (κ1) is 19.2. The SMILES string of the molecule is COc1ccc2c(ccn2CC(=O)NCC(C)(C)c2ccc3c(c2)OCCO3)c1. The fourth-order valence-corrected chi connectivity index (χ4v) is 3.54. The molecule has 2 aromatic carbocycles. The molecule has 0 bridgehead atoms. The van der Waals surface area contributed by atoms with E-state index >= 15 is 0 Å². The summed E-state index contributed by atoms with van der Waals surface area (Å²) in [6, 6.07) is 13.8. The van der Waals surface area contributed by atoms with Crippen LogP contribution in [0.15, 0.2) is 48.7 Å². The molecule has 0 fully saturated rings. The summed E-state index contributed by atoms with van der Waals surface area (Å²) in [7, 11) is 1.65. The van der Waals surface area contributed by atoms with Gasteiger partial charge in [0.15, 0.2) is 11.5 Å². The van der Waals surface area contributed by atoms with Crippen LogP contribution in [0.4, 0.5) is 0 Å². The fourth-order valence-electron chi connectivity index (χ4n) is 3.54. The minimum absolute atomic E-state index is 0.0241. The monoisotopic (exact) mass is 394 g/mol. The molecule has 0 atom stereocenters. The second kappa shape index (κ2) is 7.70. The molecule has 0 saturated carbocycles. The van der Waals surface area contributed by atoms with Gasteiger partial charge >= 0.3 is 0 Å². The number of carbonyl (C=O) groups excluding carboxylic acids is 1. The lowest BCUT2D eigenvalue weighted by molar-refractivity contribution is -0.121. The van der Waals surface area contributed by atoms with Crippen molar-refractivity contribution >= 4 is 16.8 Å². The zero-order chi connectivity index (χ0) is 20.4. The number of methoxy groups -OCH3 is 1. The van der Waals surface area contributed by atoms with Gasteiger partial charge in [-0.2, -0.15) is 0 Å². The molecule has 29 heavy (non-hydrogen) atoms. The number of hydrogen-bond donors (Lipinski definition) is 1. The molecule has 3 aromatic rings. The van der Waals surface area contributed by atoms with Crippen LogP contribution in [0.25, 0.3) is 10.9 Å². The number of benzene rings is 2. The smallest absolute Gasteiger partial charge is 0.239 e. The average molecular weight is 394 g/mol. The van der Waals surface area contributed by atoms with Crippen molar-refractivity contribution in [2.75, 3.05) is 26.9 Å². The minimum Gasteiger partial charge on any atom is -0.497 e. The van der Waals surface area contributed by atoms with Crippen LogP contribution in [0.1, 0.15) is 19.4 Å². The van der Waals surface area contributed by atoms with Crippen molar-refractivity contribution in [3.05, 3.63) is 54.2 Å². The van der Waals surface area contributed by atoms with E-state index in [2.05, 4.69) is 19.2 Å². The van der Waals surface area contributed by atoms with Gasteiger partial charge in [-0.3, -0.25) is 4.79 Å². The molecule has 6 nitrogen and oxygen atoms in total. The molecule has 152 valence electrons.